The third kappa shape index (κ3) is 3.14. The van der Waals surface area contributed by atoms with Crippen molar-refractivity contribution in [1.82, 2.24) is 15.0 Å². The Kier molecular flexibility index (Phi) is 3.53. The largest absolute Gasteiger partial charge is 0.343 e. The average Bonchev–Trinajstić information content (AvgIpc) is 3.16. The zero-order valence-corrected chi connectivity index (χ0v) is 11.5. The smallest absolute Gasteiger partial charge is 0.229 e. The summed E-state index contributed by atoms with van der Waals surface area (Å²) in [6, 6.07) is 0. The van der Waals surface area contributed by atoms with Gasteiger partial charge in [0.1, 0.15) is 0 Å². The van der Waals surface area contributed by atoms with E-state index < -0.39 is 0 Å². The fourth-order valence-corrected chi connectivity index (χ4v) is 2.73. The van der Waals surface area contributed by atoms with Gasteiger partial charge in [0.15, 0.2) is 5.82 Å². The Bertz CT molecular complexity index is 445. The SMILES string of the molecule is CC(=O)N1CCC(CCc2noc(C3CC3)n2)CC1. The van der Waals surface area contributed by atoms with Gasteiger partial charge >= 0.3 is 0 Å². The van der Waals surface area contributed by atoms with Crippen molar-refractivity contribution in [2.45, 2.75) is 51.4 Å². The fraction of sp³-hybridized carbons (Fsp3) is 0.786. The van der Waals surface area contributed by atoms with E-state index in [1.165, 1.54) is 12.8 Å². The molecule has 1 aliphatic carbocycles. The van der Waals surface area contributed by atoms with Gasteiger partial charge in [-0.25, -0.2) is 0 Å². The Hall–Kier alpha value is -1.39. The van der Waals surface area contributed by atoms with Gasteiger partial charge in [-0.3, -0.25) is 4.79 Å². The maximum Gasteiger partial charge on any atom is 0.229 e. The van der Waals surface area contributed by atoms with Crippen molar-refractivity contribution in [2.75, 3.05) is 13.1 Å². The molecule has 0 N–H and O–H groups in total. The van der Waals surface area contributed by atoms with Crippen molar-refractivity contribution in [3.8, 4) is 0 Å². The standard InChI is InChI=1S/C14H21N3O2/c1-10(18)17-8-6-11(7-9-17)2-5-13-15-14(19-16-13)12-3-4-12/h11-12H,2-9H2,1H3. The van der Waals surface area contributed by atoms with E-state index in [0.29, 0.717) is 11.8 Å². The first-order valence-corrected chi connectivity index (χ1v) is 7.30. The summed E-state index contributed by atoms with van der Waals surface area (Å²) in [7, 11) is 0. The molecular formula is C14H21N3O2. The Labute approximate surface area is 113 Å². The molecule has 1 saturated carbocycles. The predicted octanol–water partition coefficient (Wildman–Crippen LogP) is 2.14. The van der Waals surface area contributed by atoms with Crippen LogP contribution in [-0.2, 0) is 11.2 Å². The molecule has 5 heteroatoms. The van der Waals surface area contributed by atoms with E-state index in [1.807, 2.05) is 4.90 Å². The first-order valence-electron chi connectivity index (χ1n) is 7.30. The number of aryl methyl sites for hydroxylation is 1. The van der Waals surface area contributed by atoms with Crippen molar-refractivity contribution < 1.29 is 9.32 Å². The molecule has 2 heterocycles. The van der Waals surface area contributed by atoms with E-state index in [1.54, 1.807) is 6.92 Å². The Balaban J connectivity index is 1.43. The number of rotatable bonds is 4. The molecule has 5 nitrogen and oxygen atoms in total. The van der Waals surface area contributed by atoms with E-state index in [-0.39, 0.29) is 5.91 Å². The molecule has 0 bridgehead atoms. The van der Waals surface area contributed by atoms with E-state index in [4.69, 9.17) is 4.52 Å². The molecule has 1 amide bonds. The summed E-state index contributed by atoms with van der Waals surface area (Å²) in [4.78, 5) is 17.6. The van der Waals surface area contributed by atoms with Crippen LogP contribution < -0.4 is 0 Å². The lowest BCUT2D eigenvalue weighted by molar-refractivity contribution is -0.130. The molecule has 1 aromatic heterocycles. The number of nitrogens with zero attached hydrogens (tertiary/aromatic N) is 3. The van der Waals surface area contributed by atoms with Crippen LogP contribution >= 0.6 is 0 Å². The first kappa shape index (κ1) is 12.6. The summed E-state index contributed by atoms with van der Waals surface area (Å²) in [6.45, 7) is 3.46. The lowest BCUT2D eigenvalue weighted by Crippen LogP contribution is -2.37. The van der Waals surface area contributed by atoms with Crippen molar-refractivity contribution in [3.05, 3.63) is 11.7 Å². The van der Waals surface area contributed by atoms with Crippen LogP contribution in [0.25, 0.3) is 0 Å². The zero-order valence-electron chi connectivity index (χ0n) is 11.5. The van der Waals surface area contributed by atoms with Gasteiger partial charge in [-0.2, -0.15) is 4.98 Å². The molecule has 0 radical (unpaired) electrons. The minimum atomic E-state index is 0.200. The second-order valence-electron chi connectivity index (χ2n) is 5.81. The van der Waals surface area contributed by atoms with Crippen LogP contribution in [0.15, 0.2) is 4.52 Å². The lowest BCUT2D eigenvalue weighted by Gasteiger charge is -2.31. The van der Waals surface area contributed by atoms with Crippen molar-refractivity contribution in [2.24, 2.45) is 5.92 Å². The van der Waals surface area contributed by atoms with E-state index >= 15 is 0 Å². The molecule has 0 unspecified atom stereocenters. The van der Waals surface area contributed by atoms with Gasteiger partial charge in [0, 0.05) is 32.4 Å². The van der Waals surface area contributed by atoms with Crippen LogP contribution in [0.1, 0.15) is 56.7 Å². The molecule has 1 saturated heterocycles. The minimum Gasteiger partial charge on any atom is -0.343 e. The topological polar surface area (TPSA) is 59.2 Å². The Morgan fingerprint density at radius 2 is 2.05 bits per heavy atom. The quantitative estimate of drug-likeness (QED) is 0.835. The second-order valence-corrected chi connectivity index (χ2v) is 5.81. The maximum atomic E-state index is 11.3. The lowest BCUT2D eigenvalue weighted by atomic mass is 9.92. The maximum absolute atomic E-state index is 11.3. The third-order valence-electron chi connectivity index (χ3n) is 4.25. The van der Waals surface area contributed by atoms with Gasteiger partial charge in [0.05, 0.1) is 0 Å². The predicted molar refractivity (Wildman–Crippen MR) is 69.6 cm³/mol. The van der Waals surface area contributed by atoms with E-state index in [9.17, 15) is 4.79 Å². The van der Waals surface area contributed by atoms with Crippen molar-refractivity contribution in [3.63, 3.8) is 0 Å². The molecule has 104 valence electrons. The summed E-state index contributed by atoms with van der Waals surface area (Å²) in [5.41, 5.74) is 0. The molecule has 1 aromatic rings. The molecular weight excluding hydrogens is 242 g/mol. The van der Waals surface area contributed by atoms with Crippen molar-refractivity contribution >= 4 is 5.91 Å². The van der Waals surface area contributed by atoms with Gasteiger partial charge in [-0.05, 0) is 38.0 Å². The number of piperidine rings is 1. The van der Waals surface area contributed by atoms with Crippen LogP contribution in [0.2, 0.25) is 0 Å². The summed E-state index contributed by atoms with van der Waals surface area (Å²) < 4.78 is 5.26. The molecule has 3 rings (SSSR count). The number of amides is 1. The number of aromatic nitrogens is 2. The van der Waals surface area contributed by atoms with Gasteiger partial charge in [-0.1, -0.05) is 5.16 Å². The van der Waals surface area contributed by atoms with E-state index in [2.05, 4.69) is 10.1 Å². The summed E-state index contributed by atoms with van der Waals surface area (Å²) in [6.07, 6.45) is 6.62. The molecule has 0 spiro atoms. The number of carbonyl (C=O) groups is 1. The summed E-state index contributed by atoms with van der Waals surface area (Å²) in [5.74, 6) is 3.13. The molecule has 1 aliphatic heterocycles. The molecule has 2 aliphatic rings. The number of hydrogen-bond acceptors (Lipinski definition) is 4. The van der Waals surface area contributed by atoms with Crippen LogP contribution in [-0.4, -0.2) is 34.0 Å². The number of hydrogen-bond donors (Lipinski definition) is 0. The highest BCUT2D eigenvalue weighted by atomic mass is 16.5. The van der Waals surface area contributed by atoms with Crippen LogP contribution in [0.5, 0.6) is 0 Å². The molecule has 19 heavy (non-hydrogen) atoms. The average molecular weight is 263 g/mol. The van der Waals surface area contributed by atoms with Gasteiger partial charge in [0.2, 0.25) is 11.8 Å². The van der Waals surface area contributed by atoms with Crippen LogP contribution in [0.3, 0.4) is 0 Å². The Morgan fingerprint density at radius 3 is 2.68 bits per heavy atom. The highest BCUT2D eigenvalue weighted by Crippen LogP contribution is 2.38. The first-order chi connectivity index (χ1) is 9.22. The van der Waals surface area contributed by atoms with Crippen molar-refractivity contribution in [1.29, 1.82) is 0 Å². The van der Waals surface area contributed by atoms with E-state index in [0.717, 1.165) is 50.5 Å². The number of carbonyl (C=O) groups excluding carboxylic acids is 1. The van der Waals surface area contributed by atoms with Crippen LogP contribution in [0.4, 0.5) is 0 Å². The van der Waals surface area contributed by atoms with Crippen LogP contribution in [0, 0.1) is 5.92 Å². The monoisotopic (exact) mass is 263 g/mol. The highest BCUT2D eigenvalue weighted by molar-refractivity contribution is 5.73. The number of likely N-dealkylation sites (tertiary alicyclic amines) is 1. The highest BCUT2D eigenvalue weighted by Gasteiger charge is 2.29. The minimum absolute atomic E-state index is 0.200. The molecule has 0 aromatic carbocycles. The Morgan fingerprint density at radius 1 is 1.32 bits per heavy atom. The zero-order chi connectivity index (χ0) is 13.2. The normalized spacial score (nSPS) is 20.8. The van der Waals surface area contributed by atoms with Gasteiger partial charge < -0.3 is 9.42 Å². The summed E-state index contributed by atoms with van der Waals surface area (Å²) in [5, 5.41) is 4.05. The molecule has 2 fully saturated rings. The van der Waals surface area contributed by atoms with Gasteiger partial charge in [-0.15, -0.1) is 0 Å². The fourth-order valence-electron chi connectivity index (χ4n) is 2.73. The second kappa shape index (κ2) is 5.31. The molecule has 0 atom stereocenters. The van der Waals surface area contributed by atoms with Gasteiger partial charge in [0.25, 0.3) is 0 Å². The third-order valence-corrected chi connectivity index (χ3v) is 4.25. The summed E-state index contributed by atoms with van der Waals surface area (Å²) >= 11 is 0.